The molecular weight excluding hydrogens is 262 g/mol. The van der Waals surface area contributed by atoms with Crippen molar-refractivity contribution in [1.82, 2.24) is 4.90 Å². The first-order chi connectivity index (χ1) is 10.2. The van der Waals surface area contributed by atoms with Gasteiger partial charge in [-0.1, -0.05) is 60.7 Å². The molecule has 0 radical (unpaired) electrons. The van der Waals surface area contributed by atoms with E-state index in [0.29, 0.717) is 0 Å². The molecule has 1 amide bonds. The predicted octanol–water partition coefficient (Wildman–Crippen LogP) is 2.64. The van der Waals surface area contributed by atoms with Crippen molar-refractivity contribution in [1.29, 1.82) is 0 Å². The highest BCUT2D eigenvalue weighted by molar-refractivity contribution is 5.91. The number of likely N-dealkylation sites (N-methyl/N-ethyl adjacent to an activating group) is 1. The summed E-state index contributed by atoms with van der Waals surface area (Å²) in [5.74, 6) is -0.610. The summed E-state index contributed by atoms with van der Waals surface area (Å²) in [5.41, 5.74) is 2.92. The lowest BCUT2D eigenvalue weighted by molar-refractivity contribution is -0.137. The van der Waals surface area contributed by atoms with Gasteiger partial charge in [0.25, 0.3) is 5.91 Å². The van der Waals surface area contributed by atoms with Crippen molar-refractivity contribution in [2.24, 2.45) is 0 Å². The van der Waals surface area contributed by atoms with Gasteiger partial charge in [0.2, 0.25) is 0 Å². The van der Waals surface area contributed by atoms with Gasteiger partial charge in [0.1, 0.15) is 6.10 Å². The highest BCUT2D eigenvalue weighted by Crippen LogP contribution is 2.38. The molecule has 1 aliphatic rings. The highest BCUT2D eigenvalue weighted by atomic mass is 16.3. The van der Waals surface area contributed by atoms with Crippen molar-refractivity contribution in [3.63, 3.8) is 0 Å². The Kier molecular flexibility index (Phi) is 3.59. The molecular formula is C18H17NO2. The van der Waals surface area contributed by atoms with Gasteiger partial charge in [-0.2, -0.15) is 0 Å². The van der Waals surface area contributed by atoms with Crippen molar-refractivity contribution in [3.05, 3.63) is 78.0 Å². The first-order valence-corrected chi connectivity index (χ1v) is 6.95. The summed E-state index contributed by atoms with van der Waals surface area (Å²) in [5, 5.41) is 10.5. The number of rotatable bonds is 2. The molecule has 2 atom stereocenters. The van der Waals surface area contributed by atoms with E-state index in [1.54, 1.807) is 7.05 Å². The summed E-state index contributed by atoms with van der Waals surface area (Å²) in [4.78, 5) is 13.6. The van der Waals surface area contributed by atoms with Crippen molar-refractivity contribution >= 4 is 11.5 Å². The van der Waals surface area contributed by atoms with Crippen molar-refractivity contribution in [2.75, 3.05) is 7.05 Å². The van der Waals surface area contributed by atoms with Crippen molar-refractivity contribution in [3.8, 4) is 0 Å². The van der Waals surface area contributed by atoms with E-state index in [9.17, 15) is 9.90 Å². The number of aliphatic hydroxyl groups excluding tert-OH is 1. The van der Waals surface area contributed by atoms with Gasteiger partial charge in [0.15, 0.2) is 0 Å². The lowest BCUT2D eigenvalue weighted by Gasteiger charge is -2.33. The monoisotopic (exact) mass is 279 g/mol. The predicted molar refractivity (Wildman–Crippen MR) is 82.4 cm³/mol. The minimum atomic E-state index is -1.06. The van der Waals surface area contributed by atoms with E-state index in [2.05, 4.69) is 0 Å². The summed E-state index contributed by atoms with van der Waals surface area (Å²) in [7, 11) is 1.68. The summed E-state index contributed by atoms with van der Waals surface area (Å²) < 4.78 is 0. The van der Waals surface area contributed by atoms with Crippen LogP contribution in [0, 0.1) is 0 Å². The van der Waals surface area contributed by atoms with E-state index >= 15 is 0 Å². The fourth-order valence-corrected chi connectivity index (χ4v) is 2.78. The molecule has 1 N–H and O–H groups in total. The smallest absolute Gasteiger partial charge is 0.256 e. The average molecular weight is 279 g/mol. The molecule has 0 bridgehead atoms. The first kappa shape index (κ1) is 13.6. The Labute approximate surface area is 124 Å². The zero-order valence-corrected chi connectivity index (χ0v) is 11.8. The Bertz CT molecular complexity index is 664. The number of carbonyl (C=O) groups is 1. The molecule has 0 unspecified atom stereocenters. The van der Waals surface area contributed by atoms with Crippen LogP contribution in [0.1, 0.15) is 17.0 Å². The summed E-state index contributed by atoms with van der Waals surface area (Å²) in [6.45, 7) is 0. The number of amides is 1. The number of aliphatic hydroxyl groups is 1. The lowest BCUT2D eigenvalue weighted by Crippen LogP contribution is -2.41. The second-order valence-electron chi connectivity index (χ2n) is 5.23. The Morgan fingerprint density at radius 1 is 0.952 bits per heavy atom. The number of carbonyl (C=O) groups excluding carboxylic acids is 1. The van der Waals surface area contributed by atoms with Crippen LogP contribution >= 0.6 is 0 Å². The molecule has 3 nitrogen and oxygen atoms in total. The third-order valence-corrected chi connectivity index (χ3v) is 3.85. The van der Waals surface area contributed by atoms with Gasteiger partial charge < -0.3 is 10.0 Å². The molecule has 0 spiro atoms. The standard InChI is InChI=1S/C18H17NO2/c1-19-12-15(13-8-4-2-5-9-13)16(17(20)18(19)21)14-10-6-3-7-11-14/h2-12,16-17,20H,1H3/t16-,17+/m1/s1. The van der Waals surface area contributed by atoms with Gasteiger partial charge in [0.05, 0.1) is 0 Å². The summed E-state index contributed by atoms with van der Waals surface area (Å²) in [6, 6.07) is 19.5. The zero-order valence-electron chi connectivity index (χ0n) is 11.8. The maximum atomic E-state index is 12.1. The molecule has 0 saturated carbocycles. The number of hydrogen-bond donors (Lipinski definition) is 1. The van der Waals surface area contributed by atoms with E-state index in [4.69, 9.17) is 0 Å². The Morgan fingerprint density at radius 3 is 2.14 bits per heavy atom. The van der Waals surface area contributed by atoms with Crippen LogP contribution in [-0.2, 0) is 4.79 Å². The molecule has 0 fully saturated rings. The van der Waals surface area contributed by atoms with Crippen LogP contribution in [0.5, 0.6) is 0 Å². The molecule has 21 heavy (non-hydrogen) atoms. The Balaban J connectivity index is 2.13. The van der Waals surface area contributed by atoms with Gasteiger partial charge in [-0.3, -0.25) is 4.79 Å². The maximum Gasteiger partial charge on any atom is 0.256 e. The Morgan fingerprint density at radius 2 is 1.52 bits per heavy atom. The van der Waals surface area contributed by atoms with Crippen LogP contribution in [0.3, 0.4) is 0 Å². The fourth-order valence-electron chi connectivity index (χ4n) is 2.78. The number of hydrogen-bond acceptors (Lipinski definition) is 2. The van der Waals surface area contributed by atoms with Gasteiger partial charge in [-0.15, -0.1) is 0 Å². The van der Waals surface area contributed by atoms with Crippen LogP contribution < -0.4 is 0 Å². The van der Waals surface area contributed by atoms with E-state index in [-0.39, 0.29) is 11.8 Å². The van der Waals surface area contributed by atoms with Crippen LogP contribution in [0.25, 0.3) is 5.57 Å². The largest absolute Gasteiger partial charge is 0.382 e. The van der Waals surface area contributed by atoms with E-state index in [1.165, 1.54) is 4.90 Å². The third-order valence-electron chi connectivity index (χ3n) is 3.85. The van der Waals surface area contributed by atoms with E-state index in [0.717, 1.165) is 16.7 Å². The van der Waals surface area contributed by atoms with Crippen LogP contribution in [0.4, 0.5) is 0 Å². The van der Waals surface area contributed by atoms with E-state index in [1.807, 2.05) is 66.9 Å². The molecule has 0 aliphatic carbocycles. The highest BCUT2D eigenvalue weighted by Gasteiger charge is 2.36. The average Bonchev–Trinajstić information content (AvgIpc) is 2.54. The van der Waals surface area contributed by atoms with Crippen LogP contribution in [-0.4, -0.2) is 29.1 Å². The number of benzene rings is 2. The molecule has 2 aromatic carbocycles. The van der Waals surface area contributed by atoms with Crippen LogP contribution in [0.2, 0.25) is 0 Å². The SMILES string of the molecule is CN1C=C(c2ccccc2)[C@@H](c2ccccc2)[C@H](O)C1=O. The molecule has 3 rings (SSSR count). The van der Waals surface area contributed by atoms with Crippen molar-refractivity contribution < 1.29 is 9.90 Å². The third kappa shape index (κ3) is 2.48. The molecule has 1 heterocycles. The maximum absolute atomic E-state index is 12.1. The zero-order chi connectivity index (χ0) is 14.8. The van der Waals surface area contributed by atoms with Crippen LogP contribution in [0.15, 0.2) is 66.9 Å². The molecule has 3 heteroatoms. The molecule has 0 aromatic heterocycles. The molecule has 2 aromatic rings. The summed E-state index contributed by atoms with van der Waals surface area (Å²) in [6.07, 6.45) is 0.764. The topological polar surface area (TPSA) is 40.5 Å². The minimum Gasteiger partial charge on any atom is -0.382 e. The van der Waals surface area contributed by atoms with Crippen molar-refractivity contribution in [2.45, 2.75) is 12.0 Å². The second kappa shape index (κ2) is 5.54. The second-order valence-corrected chi connectivity index (χ2v) is 5.23. The van der Waals surface area contributed by atoms with Gasteiger partial charge >= 0.3 is 0 Å². The fraction of sp³-hybridized carbons (Fsp3) is 0.167. The van der Waals surface area contributed by atoms with Gasteiger partial charge in [0, 0.05) is 19.2 Å². The molecule has 106 valence electrons. The van der Waals surface area contributed by atoms with Gasteiger partial charge in [-0.25, -0.2) is 0 Å². The van der Waals surface area contributed by atoms with Gasteiger partial charge in [-0.05, 0) is 16.7 Å². The van der Waals surface area contributed by atoms with E-state index < -0.39 is 6.10 Å². The lowest BCUT2D eigenvalue weighted by atomic mass is 9.81. The first-order valence-electron chi connectivity index (χ1n) is 6.95. The number of nitrogens with zero attached hydrogens (tertiary/aromatic N) is 1. The molecule has 0 saturated heterocycles. The summed E-state index contributed by atoms with van der Waals surface area (Å²) >= 11 is 0. The molecule has 1 aliphatic heterocycles. The normalized spacial score (nSPS) is 22.1. The quantitative estimate of drug-likeness (QED) is 0.918. The Hall–Kier alpha value is -2.39. The minimum absolute atomic E-state index is 0.275.